The van der Waals surface area contributed by atoms with Crippen molar-refractivity contribution in [2.24, 2.45) is 0 Å². The molecule has 18 rings (SSSR count). The largest absolute Gasteiger partial charge is 0.459 e. The Hall–Kier alpha value is -11.5. The minimum Gasteiger partial charge on any atom is -0.459 e. The van der Waals surface area contributed by atoms with Gasteiger partial charge in [-0.2, -0.15) is 4.57 Å². The molecule has 1 N–H and O–H groups in total. The van der Waals surface area contributed by atoms with Crippen LogP contribution in [0.25, 0.3) is 121 Å². The van der Waals surface area contributed by atoms with Crippen molar-refractivity contribution in [3.63, 3.8) is 0 Å². The second-order valence-electron chi connectivity index (χ2n) is 21.6. The third-order valence-electron chi connectivity index (χ3n) is 16.9. The van der Waals surface area contributed by atoms with Gasteiger partial charge in [0.15, 0.2) is 24.2 Å². The van der Waals surface area contributed by atoms with Crippen LogP contribution in [0.2, 0.25) is 0 Å². The molecule has 0 saturated heterocycles. The Morgan fingerprint density at radius 1 is 0.452 bits per heavy atom. The lowest BCUT2D eigenvalue weighted by Gasteiger charge is -2.32. The highest BCUT2D eigenvalue weighted by Crippen LogP contribution is 2.50. The second-order valence-corrected chi connectivity index (χ2v) is 21.6. The Kier molecular flexibility index (Phi) is 9.92. The molecule has 6 aromatic heterocycles. The van der Waals surface area contributed by atoms with Crippen molar-refractivity contribution in [3.8, 4) is 22.6 Å². The lowest BCUT2D eigenvalue weighted by atomic mass is 9.96. The minimum atomic E-state index is -0.486. The zero-order valence-corrected chi connectivity index (χ0v) is 44.8. The Morgan fingerprint density at radius 3 is 2.07 bits per heavy atom. The zero-order valence-electron chi connectivity index (χ0n) is 44.8. The molecule has 394 valence electrons. The maximum atomic E-state index is 7.14. The summed E-state index contributed by atoms with van der Waals surface area (Å²) >= 11 is 0. The van der Waals surface area contributed by atoms with Crippen LogP contribution in [0.4, 0.5) is 28.4 Å². The van der Waals surface area contributed by atoms with E-state index in [1.807, 2.05) is 42.9 Å². The van der Waals surface area contributed by atoms with Crippen LogP contribution < -0.4 is 24.4 Å². The summed E-state index contributed by atoms with van der Waals surface area (Å²) in [5, 5.41) is 16.4. The predicted octanol–water partition coefficient (Wildman–Crippen LogP) is 18.4. The number of anilines is 5. The van der Waals surface area contributed by atoms with E-state index >= 15 is 0 Å². The summed E-state index contributed by atoms with van der Waals surface area (Å²) in [6.07, 6.45) is 13.4. The highest BCUT2D eigenvalue weighted by atomic mass is 16.5. The molecule has 0 spiro atoms. The van der Waals surface area contributed by atoms with Crippen LogP contribution in [0.3, 0.4) is 0 Å². The summed E-state index contributed by atoms with van der Waals surface area (Å²) in [6.45, 7) is 0. The van der Waals surface area contributed by atoms with Crippen LogP contribution in [-0.4, -0.2) is 16.2 Å². The second kappa shape index (κ2) is 18.0. The van der Waals surface area contributed by atoms with Crippen LogP contribution in [-0.2, 0) is 0 Å². The average molecular weight is 1080 g/mol. The number of para-hydroxylation sites is 2. The molecule has 0 bridgehead atoms. The summed E-state index contributed by atoms with van der Waals surface area (Å²) in [4.78, 5) is 13.8. The number of aromatic nitrogens is 3. The molecule has 10 heteroatoms. The Bertz CT molecular complexity index is 5500. The third kappa shape index (κ3) is 7.07. The van der Waals surface area contributed by atoms with Gasteiger partial charge in [0, 0.05) is 85.9 Å². The maximum Gasteiger partial charge on any atom is 0.253 e. The van der Waals surface area contributed by atoms with Crippen molar-refractivity contribution >= 4 is 132 Å². The Balaban J connectivity index is 0.801. The highest BCUT2D eigenvalue weighted by Gasteiger charge is 2.39. The normalized spacial score (nSPS) is 13.9. The van der Waals surface area contributed by atoms with E-state index < -0.39 is 6.23 Å². The van der Waals surface area contributed by atoms with Crippen molar-refractivity contribution in [1.82, 2.24) is 15.3 Å². The molecule has 1 atom stereocenters. The molecule has 2 aliphatic rings. The molecule has 84 heavy (non-hydrogen) atoms. The van der Waals surface area contributed by atoms with E-state index in [-0.39, 0.29) is 0 Å². The summed E-state index contributed by atoms with van der Waals surface area (Å²) in [7, 11) is 0. The van der Waals surface area contributed by atoms with Gasteiger partial charge in [0.25, 0.3) is 5.69 Å². The van der Waals surface area contributed by atoms with E-state index in [0.717, 1.165) is 144 Å². The first kappa shape index (κ1) is 46.3. The van der Waals surface area contributed by atoms with Crippen LogP contribution >= 0.6 is 0 Å². The van der Waals surface area contributed by atoms with Gasteiger partial charge >= 0.3 is 0 Å². The molecular formula is C74H45N6O4+. The first-order valence-electron chi connectivity index (χ1n) is 28.1. The fourth-order valence-corrected chi connectivity index (χ4v) is 13.1. The number of ether oxygens (including phenoxy) is 1. The summed E-state index contributed by atoms with van der Waals surface area (Å²) in [5.41, 5.74) is 15.6. The van der Waals surface area contributed by atoms with E-state index in [0.29, 0.717) is 5.71 Å². The lowest BCUT2D eigenvalue weighted by Crippen LogP contribution is -2.34. The number of allylic oxidation sites excluding steroid dienone is 1. The van der Waals surface area contributed by atoms with E-state index in [1.54, 1.807) is 6.20 Å². The summed E-state index contributed by atoms with van der Waals surface area (Å²) < 4.78 is 28.7. The number of furan rings is 3. The van der Waals surface area contributed by atoms with E-state index in [2.05, 4.69) is 237 Å². The fraction of sp³-hybridized carbons (Fsp3) is 0.0135. The topological polar surface area (TPSA) is 96.8 Å². The number of rotatable bonds is 8. The van der Waals surface area contributed by atoms with Gasteiger partial charge in [0.2, 0.25) is 11.5 Å². The molecule has 10 nitrogen and oxygen atoms in total. The first-order chi connectivity index (χ1) is 41.6. The zero-order chi connectivity index (χ0) is 55.0. The molecule has 1 unspecified atom stereocenters. The van der Waals surface area contributed by atoms with Crippen molar-refractivity contribution < 1.29 is 22.6 Å². The van der Waals surface area contributed by atoms with Gasteiger partial charge in [-0.15, -0.1) is 0 Å². The van der Waals surface area contributed by atoms with E-state index in [4.69, 9.17) is 23.0 Å². The van der Waals surface area contributed by atoms with Crippen molar-refractivity contribution in [2.45, 2.75) is 6.23 Å². The number of hydrogen-bond donors (Lipinski definition) is 1. The molecule has 0 radical (unpaired) electrons. The van der Waals surface area contributed by atoms with E-state index in [1.165, 1.54) is 16.3 Å². The number of nitrogens with zero attached hydrogens (tertiary/aromatic N) is 5. The Labute approximate surface area is 479 Å². The van der Waals surface area contributed by atoms with Crippen LogP contribution in [0.15, 0.2) is 281 Å². The van der Waals surface area contributed by atoms with Gasteiger partial charge in [-0.3, -0.25) is 4.98 Å². The average Bonchev–Trinajstić information content (AvgIpc) is 4.04. The number of hydrogen-bond acceptors (Lipinski definition) is 9. The van der Waals surface area contributed by atoms with Crippen LogP contribution in [0.1, 0.15) is 5.56 Å². The highest BCUT2D eigenvalue weighted by molar-refractivity contribution is 6.16. The summed E-state index contributed by atoms with van der Waals surface area (Å²) in [5.74, 6) is 0.767. The number of nitrogens with one attached hydrogen (secondary N) is 1. The van der Waals surface area contributed by atoms with Crippen molar-refractivity contribution in [1.29, 1.82) is 0 Å². The number of dihydropyridines is 1. The lowest BCUT2D eigenvalue weighted by molar-refractivity contribution is -0.594. The standard InChI is InChI=1S/C74H45N6O4/c1-2-11-44(12-3-1)46-22-21-45-23-24-49(38-48(45)37-46)79(61-30-34-76-73-70(61)56-17-8-9-20-65(56)83-73)50-25-27-67-59(40-50)60-43-78(36-32-68(60)81-67)63-19-10-18-57-71-62(31-35-77-74(71)84-72(57)63)80(51-26-28-66-58(41-51)55-29-33-75-42-69(55)82-66)64-39-47-13-4-5-14-52(47)53-15-6-7-16-54(53)64/h1-43,74,77H/q+1. The molecule has 16 aromatic rings. The van der Waals surface area contributed by atoms with Gasteiger partial charge in [-0.05, 0) is 123 Å². The van der Waals surface area contributed by atoms with Crippen LogP contribution in [0, 0.1) is 0 Å². The fourth-order valence-electron chi connectivity index (χ4n) is 13.1. The Morgan fingerprint density at radius 2 is 1.18 bits per heavy atom. The minimum absolute atomic E-state index is 0.486. The molecule has 2 aliphatic heterocycles. The number of benzene rings is 10. The van der Waals surface area contributed by atoms with Gasteiger partial charge in [-0.1, -0.05) is 127 Å². The van der Waals surface area contributed by atoms with Crippen LogP contribution in [0.5, 0.6) is 5.75 Å². The molecular weight excluding hydrogens is 1040 g/mol. The number of fused-ring (bicyclic) bond motifs is 16. The van der Waals surface area contributed by atoms with Gasteiger partial charge in [-0.25, -0.2) is 4.98 Å². The van der Waals surface area contributed by atoms with Crippen molar-refractivity contribution in [2.75, 3.05) is 9.80 Å². The first-order valence-corrected chi connectivity index (χ1v) is 28.1. The summed E-state index contributed by atoms with van der Waals surface area (Å²) in [6, 6.07) is 77.2. The number of pyridine rings is 3. The predicted molar refractivity (Wildman–Crippen MR) is 337 cm³/mol. The SMILES string of the molecule is C1=CC(N(c2ccc3oc4cnccc4c3c2)c2cc3ccccc3c3ccccc23)=C2c3cccc(-[n+]4ccc5oc6ccc(N(c7ccc8ccc(-c9ccccc9)cc8c7)c7ccnc8oc9ccccc9c78)cc6c5c4)c3OC2N1. The monoisotopic (exact) mass is 1080 g/mol. The van der Waals surface area contributed by atoms with Gasteiger partial charge < -0.3 is 33.1 Å². The molecule has 10 aromatic carbocycles. The van der Waals surface area contributed by atoms with Gasteiger partial charge in [0.1, 0.15) is 22.3 Å². The molecule has 8 heterocycles. The molecule has 0 amide bonds. The van der Waals surface area contributed by atoms with Gasteiger partial charge in [0.05, 0.1) is 34.0 Å². The molecule has 0 saturated carbocycles. The molecule has 0 fully saturated rings. The maximum absolute atomic E-state index is 7.14. The third-order valence-corrected chi connectivity index (χ3v) is 16.9. The van der Waals surface area contributed by atoms with Crippen molar-refractivity contribution in [3.05, 3.63) is 273 Å². The molecule has 0 aliphatic carbocycles. The quantitative estimate of drug-likeness (QED) is 0.118. The van der Waals surface area contributed by atoms with E-state index in [9.17, 15) is 0 Å². The smallest absolute Gasteiger partial charge is 0.253 e.